The van der Waals surface area contributed by atoms with E-state index in [1.54, 1.807) is 13.8 Å². The zero-order chi connectivity index (χ0) is 21.6. The van der Waals surface area contributed by atoms with Crippen molar-refractivity contribution in [2.24, 2.45) is 11.0 Å². The first-order valence-electron chi connectivity index (χ1n) is 8.52. The van der Waals surface area contributed by atoms with Gasteiger partial charge in [0.25, 0.3) is 17.5 Å². The molecule has 0 spiro atoms. The molecule has 0 bridgehead atoms. The lowest BCUT2D eigenvalue weighted by Gasteiger charge is -2.20. The van der Waals surface area contributed by atoms with Gasteiger partial charge in [-0.1, -0.05) is 37.0 Å². The summed E-state index contributed by atoms with van der Waals surface area (Å²) in [5.74, 6) is -1.25. The molecule has 1 unspecified atom stereocenters. The monoisotopic (exact) mass is 436 g/mol. The maximum Gasteiger partial charge on any atom is 0.269 e. The van der Waals surface area contributed by atoms with Crippen LogP contribution in [0.4, 0.5) is 5.69 Å². The SMILES string of the molecule is CC(C)C(NC(=O)c1ccc(Cl)cc1Cl)C(=O)N/N=C\c1ccc([N+](=O)[O-])cc1. The molecule has 29 heavy (non-hydrogen) atoms. The largest absolute Gasteiger partial charge is 0.340 e. The van der Waals surface area contributed by atoms with Crippen LogP contribution in [0.15, 0.2) is 47.6 Å². The van der Waals surface area contributed by atoms with E-state index < -0.39 is 22.8 Å². The third-order valence-corrected chi connectivity index (χ3v) is 4.45. The molecule has 8 nitrogen and oxygen atoms in total. The number of non-ortho nitro benzene ring substituents is 1. The van der Waals surface area contributed by atoms with Gasteiger partial charge in [0, 0.05) is 17.2 Å². The average Bonchev–Trinajstić information content (AvgIpc) is 2.65. The highest BCUT2D eigenvalue weighted by atomic mass is 35.5. The summed E-state index contributed by atoms with van der Waals surface area (Å²) in [6.45, 7) is 3.54. The Bertz CT molecular complexity index is 946. The number of hydrazone groups is 1. The van der Waals surface area contributed by atoms with Gasteiger partial charge in [-0.15, -0.1) is 0 Å². The van der Waals surface area contributed by atoms with Crippen LogP contribution in [-0.4, -0.2) is 29.0 Å². The minimum atomic E-state index is -0.858. The molecule has 0 radical (unpaired) electrons. The van der Waals surface area contributed by atoms with Gasteiger partial charge in [0.15, 0.2) is 0 Å². The number of nitro benzene ring substituents is 1. The van der Waals surface area contributed by atoms with E-state index in [1.165, 1.54) is 48.7 Å². The Kier molecular flexibility index (Phi) is 7.69. The molecule has 2 amide bonds. The standard InChI is InChI=1S/C19H18Cl2N4O4/c1-11(2)17(23-18(26)15-8-5-13(20)9-16(15)21)19(27)24-22-10-12-3-6-14(7-4-12)25(28)29/h3-11,17H,1-2H3,(H,23,26)(H,24,27)/b22-10-. The molecule has 0 saturated carbocycles. The van der Waals surface area contributed by atoms with Gasteiger partial charge < -0.3 is 5.32 Å². The second-order valence-corrected chi connectivity index (χ2v) is 7.25. The first-order valence-corrected chi connectivity index (χ1v) is 9.28. The maximum absolute atomic E-state index is 12.5. The fraction of sp³-hybridized carbons (Fsp3) is 0.211. The van der Waals surface area contributed by atoms with Crippen LogP contribution in [0.3, 0.4) is 0 Å². The van der Waals surface area contributed by atoms with Crippen molar-refractivity contribution < 1.29 is 14.5 Å². The molecule has 0 fully saturated rings. The highest BCUT2D eigenvalue weighted by molar-refractivity contribution is 6.36. The van der Waals surface area contributed by atoms with Gasteiger partial charge in [0.05, 0.1) is 21.7 Å². The van der Waals surface area contributed by atoms with Crippen LogP contribution in [0.5, 0.6) is 0 Å². The number of halogens is 2. The van der Waals surface area contributed by atoms with Crippen LogP contribution in [-0.2, 0) is 4.79 Å². The Hall–Kier alpha value is -2.97. The zero-order valence-corrected chi connectivity index (χ0v) is 17.1. The van der Waals surface area contributed by atoms with E-state index in [-0.39, 0.29) is 22.2 Å². The first-order chi connectivity index (χ1) is 13.7. The van der Waals surface area contributed by atoms with Crippen LogP contribution in [0, 0.1) is 16.0 Å². The van der Waals surface area contributed by atoms with Crippen molar-refractivity contribution in [3.05, 3.63) is 73.8 Å². The van der Waals surface area contributed by atoms with Crippen molar-refractivity contribution in [2.75, 3.05) is 0 Å². The van der Waals surface area contributed by atoms with E-state index in [0.29, 0.717) is 10.6 Å². The Morgan fingerprint density at radius 3 is 2.34 bits per heavy atom. The number of benzene rings is 2. The number of nitro groups is 1. The molecule has 2 N–H and O–H groups in total. The molecule has 10 heteroatoms. The van der Waals surface area contributed by atoms with Gasteiger partial charge in [-0.25, -0.2) is 5.43 Å². The summed E-state index contributed by atoms with van der Waals surface area (Å²) in [6.07, 6.45) is 1.34. The summed E-state index contributed by atoms with van der Waals surface area (Å²) in [4.78, 5) is 35.0. The van der Waals surface area contributed by atoms with E-state index in [0.717, 1.165) is 0 Å². The molecule has 1 atom stereocenters. The Morgan fingerprint density at radius 1 is 1.14 bits per heavy atom. The molecule has 2 aromatic carbocycles. The molecule has 0 heterocycles. The molecule has 0 aliphatic rings. The minimum absolute atomic E-state index is 0.0466. The predicted octanol–water partition coefficient (Wildman–Crippen LogP) is 3.81. The molecule has 2 aromatic rings. The first kappa shape index (κ1) is 22.3. The van der Waals surface area contributed by atoms with Crippen molar-refractivity contribution in [1.29, 1.82) is 0 Å². The van der Waals surface area contributed by atoms with Crippen LogP contribution >= 0.6 is 23.2 Å². The minimum Gasteiger partial charge on any atom is -0.340 e. The van der Waals surface area contributed by atoms with E-state index >= 15 is 0 Å². The molecule has 0 aliphatic carbocycles. The average molecular weight is 437 g/mol. The summed E-state index contributed by atoms with van der Waals surface area (Å²) >= 11 is 11.9. The molecule has 2 rings (SSSR count). The van der Waals surface area contributed by atoms with E-state index in [2.05, 4.69) is 15.8 Å². The summed E-state index contributed by atoms with van der Waals surface area (Å²) in [5.41, 5.74) is 3.07. The van der Waals surface area contributed by atoms with Crippen LogP contribution in [0.25, 0.3) is 0 Å². The van der Waals surface area contributed by atoms with Crippen molar-refractivity contribution in [3.63, 3.8) is 0 Å². The van der Waals surface area contributed by atoms with Crippen molar-refractivity contribution >= 4 is 46.9 Å². The molecule has 0 saturated heterocycles. The van der Waals surface area contributed by atoms with Gasteiger partial charge >= 0.3 is 0 Å². The van der Waals surface area contributed by atoms with E-state index in [9.17, 15) is 19.7 Å². The van der Waals surface area contributed by atoms with Crippen molar-refractivity contribution in [2.45, 2.75) is 19.9 Å². The number of carbonyl (C=O) groups excluding carboxylic acids is 2. The quantitative estimate of drug-likeness (QED) is 0.390. The van der Waals surface area contributed by atoms with Crippen LogP contribution in [0.2, 0.25) is 10.0 Å². The molecular weight excluding hydrogens is 419 g/mol. The predicted molar refractivity (Wildman–Crippen MR) is 111 cm³/mol. The lowest BCUT2D eigenvalue weighted by atomic mass is 10.0. The summed E-state index contributed by atoms with van der Waals surface area (Å²) in [5, 5.41) is 17.7. The number of amides is 2. The Labute approximate surface area is 177 Å². The van der Waals surface area contributed by atoms with Gasteiger partial charge in [-0.05, 0) is 41.8 Å². The second-order valence-electron chi connectivity index (χ2n) is 6.40. The second kappa shape index (κ2) is 9.99. The number of hydrogen-bond acceptors (Lipinski definition) is 5. The summed E-state index contributed by atoms with van der Waals surface area (Å²) in [7, 11) is 0. The summed E-state index contributed by atoms with van der Waals surface area (Å²) in [6, 6.07) is 9.24. The Balaban J connectivity index is 2.03. The normalized spacial score (nSPS) is 12.0. The zero-order valence-electron chi connectivity index (χ0n) is 15.6. The molecular formula is C19H18Cl2N4O4. The highest BCUT2D eigenvalue weighted by Gasteiger charge is 2.25. The number of nitrogens with one attached hydrogen (secondary N) is 2. The Morgan fingerprint density at radius 2 is 1.79 bits per heavy atom. The van der Waals surface area contributed by atoms with Crippen molar-refractivity contribution in [1.82, 2.24) is 10.7 Å². The van der Waals surface area contributed by atoms with Gasteiger partial charge in [0.1, 0.15) is 6.04 Å². The third-order valence-electron chi connectivity index (χ3n) is 3.90. The van der Waals surface area contributed by atoms with E-state index in [1.807, 2.05) is 0 Å². The smallest absolute Gasteiger partial charge is 0.269 e. The van der Waals surface area contributed by atoms with Crippen LogP contribution in [0.1, 0.15) is 29.8 Å². The molecule has 0 aromatic heterocycles. The van der Waals surface area contributed by atoms with Crippen LogP contribution < -0.4 is 10.7 Å². The fourth-order valence-electron chi connectivity index (χ4n) is 2.35. The van der Waals surface area contributed by atoms with E-state index in [4.69, 9.17) is 23.2 Å². The summed E-state index contributed by atoms with van der Waals surface area (Å²) < 4.78 is 0. The molecule has 0 aliphatic heterocycles. The third kappa shape index (κ3) is 6.27. The van der Waals surface area contributed by atoms with Gasteiger partial charge in [-0.2, -0.15) is 5.10 Å². The number of carbonyl (C=O) groups is 2. The lowest BCUT2D eigenvalue weighted by Crippen LogP contribution is -2.48. The topological polar surface area (TPSA) is 114 Å². The number of rotatable bonds is 7. The van der Waals surface area contributed by atoms with Gasteiger partial charge in [0.2, 0.25) is 0 Å². The fourth-order valence-corrected chi connectivity index (χ4v) is 2.84. The van der Waals surface area contributed by atoms with Crippen molar-refractivity contribution in [3.8, 4) is 0 Å². The molecule has 152 valence electrons. The number of nitrogens with zero attached hydrogens (tertiary/aromatic N) is 2. The number of hydrogen-bond donors (Lipinski definition) is 2. The highest BCUT2D eigenvalue weighted by Crippen LogP contribution is 2.21. The lowest BCUT2D eigenvalue weighted by molar-refractivity contribution is -0.384. The van der Waals surface area contributed by atoms with Gasteiger partial charge in [-0.3, -0.25) is 19.7 Å². The maximum atomic E-state index is 12.5.